The number of ether oxygens (including phenoxy) is 1. The van der Waals surface area contributed by atoms with E-state index < -0.39 is 12.6 Å². The molecule has 0 aliphatic carbocycles. The zero-order valence-electron chi connectivity index (χ0n) is 7.10. The molecule has 3 heteroatoms. The van der Waals surface area contributed by atoms with Crippen molar-refractivity contribution in [3.05, 3.63) is 0 Å². The second-order valence-electron chi connectivity index (χ2n) is 2.53. The summed E-state index contributed by atoms with van der Waals surface area (Å²) in [7, 11) is 0. The molecule has 1 unspecified atom stereocenters. The summed E-state index contributed by atoms with van der Waals surface area (Å²) in [6, 6.07) is 0. The van der Waals surface area contributed by atoms with Gasteiger partial charge in [0.2, 0.25) is 0 Å². The van der Waals surface area contributed by atoms with Crippen molar-refractivity contribution >= 4 is 5.97 Å². The number of hydrogen-bond donors (Lipinski definition) is 0. The van der Waals surface area contributed by atoms with Crippen LogP contribution in [0.4, 0.5) is 4.39 Å². The van der Waals surface area contributed by atoms with Gasteiger partial charge < -0.3 is 4.74 Å². The van der Waals surface area contributed by atoms with Gasteiger partial charge in [-0.05, 0) is 13.3 Å². The molecule has 0 spiro atoms. The summed E-state index contributed by atoms with van der Waals surface area (Å²) in [5.74, 6) is -0.437. The van der Waals surface area contributed by atoms with E-state index in [0.29, 0.717) is 0 Å². The average molecular weight is 162 g/mol. The maximum Gasteiger partial charge on any atom is 0.308 e. The Labute approximate surface area is 66.7 Å². The first-order valence-corrected chi connectivity index (χ1v) is 3.96. The van der Waals surface area contributed by atoms with Crippen molar-refractivity contribution in [3.63, 3.8) is 0 Å². The third kappa shape index (κ3) is 5.83. The molecule has 0 rings (SSSR count). The van der Waals surface area contributed by atoms with Gasteiger partial charge in [-0.25, -0.2) is 0 Å². The maximum atomic E-state index is 11.6. The van der Waals surface area contributed by atoms with E-state index in [1.54, 1.807) is 0 Å². The lowest BCUT2D eigenvalue weighted by atomic mass is 10.2. The Morgan fingerprint density at radius 2 is 2.27 bits per heavy atom. The minimum Gasteiger partial charge on any atom is -0.463 e. The van der Waals surface area contributed by atoms with Gasteiger partial charge in [0.25, 0.3) is 0 Å². The fourth-order valence-electron chi connectivity index (χ4n) is 0.826. The molecule has 0 fully saturated rings. The van der Waals surface area contributed by atoms with Crippen LogP contribution in [0.1, 0.15) is 33.1 Å². The predicted molar refractivity (Wildman–Crippen MR) is 41.1 cm³/mol. The molecule has 0 radical (unpaired) electrons. The number of esters is 1. The molecule has 0 aliphatic rings. The quantitative estimate of drug-likeness (QED) is 0.578. The lowest BCUT2D eigenvalue weighted by Crippen LogP contribution is -2.14. The standard InChI is InChI=1S/C8H15FO2/c1-3-4-7(2)11-8(10)5-6-9/h7H,3-6H2,1-2H3. The Morgan fingerprint density at radius 1 is 1.64 bits per heavy atom. The van der Waals surface area contributed by atoms with Crippen molar-refractivity contribution in [1.82, 2.24) is 0 Å². The molecule has 0 amide bonds. The van der Waals surface area contributed by atoms with Crippen molar-refractivity contribution in [2.45, 2.75) is 39.2 Å². The summed E-state index contributed by atoms with van der Waals surface area (Å²) >= 11 is 0. The molecule has 2 nitrogen and oxygen atoms in total. The van der Waals surface area contributed by atoms with Gasteiger partial charge in [-0.2, -0.15) is 0 Å². The summed E-state index contributed by atoms with van der Waals surface area (Å²) in [6.45, 7) is 3.21. The molecule has 0 aromatic rings. The van der Waals surface area contributed by atoms with Crippen LogP contribution in [0.5, 0.6) is 0 Å². The van der Waals surface area contributed by atoms with Crippen molar-refractivity contribution in [1.29, 1.82) is 0 Å². The highest BCUT2D eigenvalue weighted by Gasteiger charge is 2.07. The van der Waals surface area contributed by atoms with Crippen molar-refractivity contribution in [2.75, 3.05) is 6.67 Å². The summed E-state index contributed by atoms with van der Waals surface area (Å²) in [6.07, 6.45) is 1.63. The molecule has 0 aliphatic heterocycles. The highest BCUT2D eigenvalue weighted by Crippen LogP contribution is 2.02. The minimum atomic E-state index is -0.627. The maximum absolute atomic E-state index is 11.6. The van der Waals surface area contributed by atoms with Gasteiger partial charge in [-0.15, -0.1) is 0 Å². The predicted octanol–water partition coefficient (Wildman–Crippen LogP) is 2.08. The van der Waals surface area contributed by atoms with E-state index in [1.165, 1.54) is 0 Å². The zero-order valence-corrected chi connectivity index (χ0v) is 7.10. The van der Waals surface area contributed by atoms with Gasteiger partial charge in [0.15, 0.2) is 0 Å². The lowest BCUT2D eigenvalue weighted by Gasteiger charge is -2.10. The summed E-state index contributed by atoms with van der Waals surface area (Å²) in [5, 5.41) is 0. The molecule has 11 heavy (non-hydrogen) atoms. The summed E-state index contributed by atoms with van der Waals surface area (Å²) in [5.41, 5.74) is 0. The van der Waals surface area contributed by atoms with E-state index in [4.69, 9.17) is 4.74 Å². The minimum absolute atomic E-state index is 0.0703. The van der Waals surface area contributed by atoms with Gasteiger partial charge in [0, 0.05) is 0 Å². The van der Waals surface area contributed by atoms with E-state index in [-0.39, 0.29) is 12.5 Å². The SMILES string of the molecule is CCCC(C)OC(=O)CCF. The zero-order chi connectivity index (χ0) is 8.69. The highest BCUT2D eigenvalue weighted by atomic mass is 19.1. The Kier molecular flexibility index (Phi) is 5.80. The number of carbonyl (C=O) groups is 1. The number of halogens is 1. The second-order valence-corrected chi connectivity index (χ2v) is 2.53. The van der Waals surface area contributed by atoms with Crippen LogP contribution in [0.15, 0.2) is 0 Å². The van der Waals surface area contributed by atoms with E-state index in [9.17, 15) is 9.18 Å². The van der Waals surface area contributed by atoms with E-state index >= 15 is 0 Å². The molecule has 0 aromatic heterocycles. The molecular formula is C8H15FO2. The smallest absolute Gasteiger partial charge is 0.308 e. The number of rotatable bonds is 5. The van der Waals surface area contributed by atoms with Crippen LogP contribution in [-0.2, 0) is 9.53 Å². The normalized spacial score (nSPS) is 12.6. The Balaban J connectivity index is 3.40. The number of hydrogen-bond acceptors (Lipinski definition) is 2. The average Bonchev–Trinajstić information content (AvgIpc) is 1.87. The molecule has 0 aromatic carbocycles. The molecule has 0 heterocycles. The Morgan fingerprint density at radius 3 is 2.73 bits per heavy atom. The topological polar surface area (TPSA) is 26.3 Å². The molecule has 0 N–H and O–H groups in total. The Hall–Kier alpha value is -0.600. The molecule has 66 valence electrons. The summed E-state index contributed by atoms with van der Waals surface area (Å²) in [4.78, 5) is 10.7. The monoisotopic (exact) mass is 162 g/mol. The van der Waals surface area contributed by atoms with Crippen molar-refractivity contribution in [3.8, 4) is 0 Å². The fraction of sp³-hybridized carbons (Fsp3) is 0.875. The van der Waals surface area contributed by atoms with Crippen LogP contribution in [0.25, 0.3) is 0 Å². The molecule has 1 atom stereocenters. The first-order valence-electron chi connectivity index (χ1n) is 3.96. The number of carbonyl (C=O) groups excluding carboxylic acids is 1. The van der Waals surface area contributed by atoms with Gasteiger partial charge in [-0.3, -0.25) is 9.18 Å². The van der Waals surface area contributed by atoms with Gasteiger partial charge in [0.05, 0.1) is 19.2 Å². The van der Waals surface area contributed by atoms with Crippen molar-refractivity contribution < 1.29 is 13.9 Å². The Bertz CT molecular complexity index is 115. The largest absolute Gasteiger partial charge is 0.463 e. The van der Waals surface area contributed by atoms with Crippen LogP contribution in [-0.4, -0.2) is 18.7 Å². The van der Waals surface area contributed by atoms with Crippen LogP contribution < -0.4 is 0 Å². The molecule has 0 saturated heterocycles. The van der Waals surface area contributed by atoms with Crippen LogP contribution >= 0.6 is 0 Å². The van der Waals surface area contributed by atoms with Gasteiger partial charge in [0.1, 0.15) is 0 Å². The first-order chi connectivity index (χ1) is 5.20. The van der Waals surface area contributed by atoms with Gasteiger partial charge >= 0.3 is 5.97 Å². The van der Waals surface area contributed by atoms with E-state index in [1.807, 2.05) is 13.8 Å². The fourth-order valence-corrected chi connectivity index (χ4v) is 0.826. The lowest BCUT2D eigenvalue weighted by molar-refractivity contribution is -0.148. The first kappa shape index (κ1) is 10.4. The molecular weight excluding hydrogens is 147 g/mol. The molecule has 0 saturated carbocycles. The molecule has 0 bridgehead atoms. The van der Waals surface area contributed by atoms with Crippen LogP contribution in [0.3, 0.4) is 0 Å². The summed E-state index contributed by atoms with van der Waals surface area (Å²) < 4.78 is 16.4. The van der Waals surface area contributed by atoms with E-state index in [2.05, 4.69) is 0 Å². The van der Waals surface area contributed by atoms with Crippen LogP contribution in [0, 0.1) is 0 Å². The van der Waals surface area contributed by atoms with Crippen LogP contribution in [0.2, 0.25) is 0 Å². The van der Waals surface area contributed by atoms with Gasteiger partial charge in [-0.1, -0.05) is 13.3 Å². The highest BCUT2D eigenvalue weighted by molar-refractivity contribution is 5.69. The van der Waals surface area contributed by atoms with Crippen molar-refractivity contribution in [2.24, 2.45) is 0 Å². The van der Waals surface area contributed by atoms with E-state index in [0.717, 1.165) is 12.8 Å². The third-order valence-electron chi connectivity index (χ3n) is 1.33. The third-order valence-corrected chi connectivity index (χ3v) is 1.33. The second kappa shape index (κ2) is 6.13. The number of alkyl halides is 1.